The van der Waals surface area contributed by atoms with Gasteiger partial charge < -0.3 is 0 Å². The van der Waals surface area contributed by atoms with E-state index in [1.807, 2.05) is 0 Å². The number of hydrogen-bond donors (Lipinski definition) is 0. The van der Waals surface area contributed by atoms with E-state index >= 15 is 0 Å². The molecule has 1 rings (SSSR count). The van der Waals surface area contributed by atoms with Gasteiger partial charge in [0.2, 0.25) is 0 Å². The first-order chi connectivity index (χ1) is 5.36. The van der Waals surface area contributed by atoms with Gasteiger partial charge in [-0.25, -0.2) is 0 Å². The molecule has 0 radical (unpaired) electrons. The van der Waals surface area contributed by atoms with Crippen LogP contribution in [0.3, 0.4) is 0 Å². The van der Waals surface area contributed by atoms with Gasteiger partial charge in [0, 0.05) is 0 Å². The number of allylic oxidation sites excluding steroid dienone is 4. The fourth-order valence-corrected chi connectivity index (χ4v) is 2.93. The molecule has 0 amide bonds. The molecular weight excluding hydrogens is 228 g/mol. The standard InChI is InChI=1S/C11H17.Mo/c1-8-6-7-11(4,5)10(3)9(8)2;/h7H2,1-5H3;. The van der Waals surface area contributed by atoms with Crippen molar-refractivity contribution in [1.29, 1.82) is 0 Å². The van der Waals surface area contributed by atoms with Crippen molar-refractivity contribution in [1.82, 2.24) is 0 Å². The van der Waals surface area contributed by atoms with Crippen LogP contribution in [0.4, 0.5) is 0 Å². The topological polar surface area (TPSA) is 0 Å². The van der Waals surface area contributed by atoms with Crippen LogP contribution in [-0.2, 0) is 19.8 Å². The second-order valence-electron chi connectivity index (χ2n) is 4.36. The van der Waals surface area contributed by atoms with E-state index in [2.05, 4.69) is 54.4 Å². The van der Waals surface area contributed by atoms with Gasteiger partial charge >= 0.3 is 87.0 Å². The van der Waals surface area contributed by atoms with Crippen LogP contribution < -0.4 is 0 Å². The summed E-state index contributed by atoms with van der Waals surface area (Å²) in [6.07, 6.45) is 1.23. The summed E-state index contributed by atoms with van der Waals surface area (Å²) in [4.78, 5) is 0. The zero-order chi connectivity index (χ0) is 9.52. The molecule has 1 aliphatic carbocycles. The van der Waals surface area contributed by atoms with Gasteiger partial charge in [0.15, 0.2) is 0 Å². The van der Waals surface area contributed by atoms with Gasteiger partial charge in [-0.05, 0) is 0 Å². The van der Waals surface area contributed by atoms with Gasteiger partial charge in [0.05, 0.1) is 0 Å². The van der Waals surface area contributed by atoms with E-state index in [4.69, 9.17) is 0 Å². The van der Waals surface area contributed by atoms with Gasteiger partial charge in [-0.1, -0.05) is 0 Å². The van der Waals surface area contributed by atoms with Crippen LogP contribution in [0.2, 0.25) is 0 Å². The third kappa shape index (κ3) is 1.59. The third-order valence-corrected chi connectivity index (χ3v) is 4.27. The van der Waals surface area contributed by atoms with Gasteiger partial charge in [0.1, 0.15) is 0 Å². The fraction of sp³-hybridized carbons (Fsp3) is 0.636. The first kappa shape index (κ1) is 10.3. The van der Waals surface area contributed by atoms with Crippen LogP contribution in [0, 0.1) is 5.41 Å². The molecule has 0 bridgehead atoms. The zero-order valence-electron chi connectivity index (χ0n) is 8.62. The van der Waals surface area contributed by atoms with Crippen LogP contribution in [-0.4, -0.2) is 0 Å². The van der Waals surface area contributed by atoms with E-state index in [1.54, 1.807) is 9.54 Å². The zero-order valence-corrected chi connectivity index (χ0v) is 10.6. The number of hydrogen-bond acceptors (Lipinski definition) is 0. The summed E-state index contributed by atoms with van der Waals surface area (Å²) in [5, 5.41) is 0. The molecule has 0 nitrogen and oxygen atoms in total. The summed E-state index contributed by atoms with van der Waals surface area (Å²) in [6, 6.07) is 0. The Morgan fingerprint density at radius 1 is 1.08 bits per heavy atom. The average Bonchev–Trinajstić information content (AvgIpc) is 1.97. The molecule has 0 heterocycles. The third-order valence-electron chi connectivity index (χ3n) is 3.16. The van der Waals surface area contributed by atoms with E-state index < -0.39 is 0 Å². The Labute approximate surface area is 87.0 Å². The molecule has 0 N–H and O–H groups in total. The predicted octanol–water partition coefficient (Wildman–Crippen LogP) is 3.57. The summed E-state index contributed by atoms with van der Waals surface area (Å²) >= 11 is 2.18. The molecule has 0 unspecified atom stereocenters. The molecule has 0 aromatic rings. The quantitative estimate of drug-likeness (QED) is 0.572. The second kappa shape index (κ2) is 3.14. The first-order valence-electron chi connectivity index (χ1n) is 4.41. The Bertz CT molecular complexity index is 267. The SMILES string of the molecule is CC1=[C]([Mo])CC(C)(C)C(C)=C1C. The monoisotopic (exact) mass is 247 g/mol. The molecule has 0 spiro atoms. The molecule has 0 aliphatic heterocycles. The maximum absolute atomic E-state index is 2.34. The van der Waals surface area contributed by atoms with E-state index in [-0.39, 0.29) is 0 Å². The Morgan fingerprint density at radius 2 is 1.58 bits per heavy atom. The van der Waals surface area contributed by atoms with Crippen molar-refractivity contribution in [3.8, 4) is 0 Å². The van der Waals surface area contributed by atoms with Crippen LogP contribution in [0.5, 0.6) is 0 Å². The number of rotatable bonds is 0. The minimum atomic E-state index is 0.385. The Morgan fingerprint density at radius 3 is 2.08 bits per heavy atom. The molecule has 12 heavy (non-hydrogen) atoms. The summed E-state index contributed by atoms with van der Waals surface area (Å²) in [6.45, 7) is 11.4. The summed E-state index contributed by atoms with van der Waals surface area (Å²) in [5.41, 5.74) is 4.96. The van der Waals surface area contributed by atoms with E-state index in [9.17, 15) is 0 Å². The van der Waals surface area contributed by atoms with Crippen molar-refractivity contribution in [3.63, 3.8) is 0 Å². The molecular formula is C11H17Mo. The Balaban J connectivity index is 3.20. The molecule has 0 aromatic carbocycles. The normalized spacial score (nSPS) is 23.4. The van der Waals surface area contributed by atoms with E-state index in [1.165, 1.54) is 17.6 Å². The summed E-state index contributed by atoms with van der Waals surface area (Å²) in [5.74, 6) is 0. The predicted molar refractivity (Wildman–Crippen MR) is 49.5 cm³/mol. The van der Waals surface area contributed by atoms with Crippen LogP contribution in [0.25, 0.3) is 0 Å². The van der Waals surface area contributed by atoms with Crippen molar-refractivity contribution in [2.75, 3.05) is 0 Å². The van der Waals surface area contributed by atoms with Crippen molar-refractivity contribution in [2.24, 2.45) is 5.41 Å². The average molecular weight is 245 g/mol. The van der Waals surface area contributed by atoms with E-state index in [0.29, 0.717) is 5.41 Å². The second-order valence-corrected chi connectivity index (χ2v) is 5.57. The van der Waals surface area contributed by atoms with Crippen molar-refractivity contribution in [2.45, 2.75) is 41.0 Å². The molecule has 1 heteroatoms. The van der Waals surface area contributed by atoms with Gasteiger partial charge in [-0.3, -0.25) is 0 Å². The summed E-state index contributed by atoms with van der Waals surface area (Å²) in [7, 11) is 0. The molecule has 0 saturated carbocycles. The maximum atomic E-state index is 2.34. The Hall–Kier alpha value is 0.168. The Kier molecular flexibility index (Phi) is 2.68. The van der Waals surface area contributed by atoms with Crippen molar-refractivity contribution >= 4 is 0 Å². The molecule has 0 saturated heterocycles. The van der Waals surface area contributed by atoms with Crippen LogP contribution in [0.15, 0.2) is 20.7 Å². The van der Waals surface area contributed by atoms with Gasteiger partial charge in [-0.15, -0.1) is 0 Å². The summed E-state index contributed by atoms with van der Waals surface area (Å²) < 4.78 is 1.57. The molecule has 0 fully saturated rings. The minimum absolute atomic E-state index is 0.385. The van der Waals surface area contributed by atoms with Crippen LogP contribution >= 0.6 is 0 Å². The molecule has 67 valence electrons. The van der Waals surface area contributed by atoms with Gasteiger partial charge in [-0.2, -0.15) is 0 Å². The van der Waals surface area contributed by atoms with Crippen LogP contribution in [0.1, 0.15) is 41.0 Å². The molecule has 0 aromatic heterocycles. The van der Waals surface area contributed by atoms with Crippen molar-refractivity contribution in [3.05, 3.63) is 20.7 Å². The van der Waals surface area contributed by atoms with E-state index in [0.717, 1.165) is 0 Å². The fourth-order valence-electron chi connectivity index (χ4n) is 1.66. The first-order valence-corrected chi connectivity index (χ1v) is 5.41. The molecule has 1 aliphatic rings. The van der Waals surface area contributed by atoms with Crippen molar-refractivity contribution < 1.29 is 19.8 Å². The molecule has 0 atom stereocenters. The van der Waals surface area contributed by atoms with Gasteiger partial charge in [0.25, 0.3) is 0 Å².